The Morgan fingerprint density at radius 2 is 1.84 bits per heavy atom. The molecule has 0 radical (unpaired) electrons. The average Bonchev–Trinajstić information content (AvgIpc) is 3.53. The first kappa shape index (κ1) is 34.7. The SMILES string of the molecule is CC.CC.CC(C)n1ccc(-c2cnc(N)c(OC(F)(F)F)c2)n1.CCN(CCOC)C1CC[C@@H](C)C1. The summed E-state index contributed by atoms with van der Waals surface area (Å²) in [6.07, 6.45) is 2.46. The van der Waals surface area contributed by atoms with Crippen LogP contribution < -0.4 is 10.5 Å². The van der Waals surface area contributed by atoms with Crippen LogP contribution in [0, 0.1) is 5.92 Å². The standard InChI is InChI=1S/C12H13F3N4O.C11H23NO.2C2H6/c1-7(2)19-4-3-9(18-19)8-5-10(11(16)17-6-8)20-12(13,14)15;1-4-12(7-8-13-3)11-6-5-10(2)9-11;2*1-2/h3-7H,1-2H3,(H2,16,17);10-11H,4-9H2,1-3H3;2*1-2H3/t;10-,11?;;/m.1../s1. The van der Waals surface area contributed by atoms with Crippen molar-refractivity contribution in [1.82, 2.24) is 19.7 Å². The first-order valence-corrected chi connectivity index (χ1v) is 13.3. The Balaban J connectivity index is 0.000000660. The van der Waals surface area contributed by atoms with Gasteiger partial charge in [0.25, 0.3) is 0 Å². The van der Waals surface area contributed by atoms with E-state index < -0.39 is 12.1 Å². The summed E-state index contributed by atoms with van der Waals surface area (Å²) in [7, 11) is 1.78. The number of nitrogens with two attached hydrogens (primary N) is 1. The minimum Gasteiger partial charge on any atom is -0.402 e. The molecule has 0 spiro atoms. The summed E-state index contributed by atoms with van der Waals surface area (Å²) in [4.78, 5) is 6.26. The molecule has 3 rings (SSSR count). The molecule has 2 aromatic rings. The van der Waals surface area contributed by atoms with Gasteiger partial charge in [0.1, 0.15) is 0 Å². The molecule has 2 N–H and O–H groups in total. The van der Waals surface area contributed by atoms with Crippen LogP contribution >= 0.6 is 0 Å². The minimum atomic E-state index is -4.81. The molecule has 2 aromatic heterocycles. The molecule has 1 unspecified atom stereocenters. The number of methoxy groups -OCH3 is 1. The third-order valence-corrected chi connectivity index (χ3v) is 5.71. The van der Waals surface area contributed by atoms with E-state index in [1.165, 1.54) is 38.1 Å². The Labute approximate surface area is 221 Å². The van der Waals surface area contributed by atoms with E-state index >= 15 is 0 Å². The second-order valence-corrected chi connectivity index (χ2v) is 8.62. The molecule has 2 heterocycles. The van der Waals surface area contributed by atoms with Crippen LogP contribution in [0.5, 0.6) is 5.75 Å². The van der Waals surface area contributed by atoms with Crippen LogP contribution in [-0.4, -0.2) is 58.9 Å². The van der Waals surface area contributed by atoms with Crippen LogP contribution in [0.4, 0.5) is 19.0 Å². The van der Waals surface area contributed by atoms with Gasteiger partial charge < -0.3 is 15.2 Å². The molecule has 10 heteroatoms. The number of nitrogen functional groups attached to an aromatic ring is 1. The topological polar surface area (TPSA) is 78.4 Å². The van der Waals surface area contributed by atoms with Gasteiger partial charge in [-0.2, -0.15) is 5.10 Å². The zero-order valence-corrected chi connectivity index (χ0v) is 24.1. The number of likely N-dealkylation sites (N-methyl/N-ethyl adjacent to an activating group) is 1. The fourth-order valence-electron chi connectivity index (χ4n) is 3.90. The Hall–Kier alpha value is -2.33. The van der Waals surface area contributed by atoms with Crippen LogP contribution in [0.25, 0.3) is 11.3 Å². The van der Waals surface area contributed by atoms with Crippen LogP contribution in [0.2, 0.25) is 0 Å². The van der Waals surface area contributed by atoms with Crippen molar-refractivity contribution >= 4 is 5.82 Å². The maximum Gasteiger partial charge on any atom is 0.573 e. The first-order chi connectivity index (χ1) is 17.5. The van der Waals surface area contributed by atoms with Crippen molar-refractivity contribution in [1.29, 1.82) is 0 Å². The van der Waals surface area contributed by atoms with Gasteiger partial charge in [-0.05, 0) is 57.7 Å². The Bertz CT molecular complexity index is 859. The van der Waals surface area contributed by atoms with Gasteiger partial charge >= 0.3 is 6.36 Å². The lowest BCUT2D eigenvalue weighted by Crippen LogP contribution is -2.35. The van der Waals surface area contributed by atoms with Crippen molar-refractivity contribution in [3.05, 3.63) is 24.5 Å². The summed E-state index contributed by atoms with van der Waals surface area (Å²) in [6, 6.07) is 3.83. The van der Waals surface area contributed by atoms with E-state index in [9.17, 15) is 13.2 Å². The lowest BCUT2D eigenvalue weighted by molar-refractivity contribution is -0.274. The van der Waals surface area contributed by atoms with E-state index in [-0.39, 0.29) is 11.9 Å². The summed E-state index contributed by atoms with van der Waals surface area (Å²) >= 11 is 0. The molecule has 1 aliphatic rings. The van der Waals surface area contributed by atoms with E-state index in [1.807, 2.05) is 41.5 Å². The molecule has 0 saturated heterocycles. The largest absolute Gasteiger partial charge is 0.573 e. The molecule has 0 bridgehead atoms. The molecular weight excluding hydrogens is 483 g/mol. The Morgan fingerprint density at radius 3 is 2.30 bits per heavy atom. The normalized spacial score (nSPS) is 16.8. The summed E-state index contributed by atoms with van der Waals surface area (Å²) in [5, 5.41) is 4.25. The number of hydrogen-bond acceptors (Lipinski definition) is 6. The van der Waals surface area contributed by atoms with Crippen molar-refractivity contribution in [2.75, 3.05) is 32.5 Å². The summed E-state index contributed by atoms with van der Waals surface area (Å²) < 4.78 is 47.4. The number of nitrogens with zero attached hydrogens (tertiary/aromatic N) is 4. The lowest BCUT2D eigenvalue weighted by atomic mass is 10.1. The highest BCUT2D eigenvalue weighted by Crippen LogP contribution is 2.31. The van der Waals surface area contributed by atoms with Crippen LogP contribution in [0.1, 0.15) is 80.7 Å². The molecule has 0 aliphatic heterocycles. The molecule has 214 valence electrons. The van der Waals surface area contributed by atoms with Crippen LogP contribution in [0.15, 0.2) is 24.5 Å². The highest BCUT2D eigenvalue weighted by atomic mass is 19.4. The number of alkyl halides is 3. The molecule has 1 fully saturated rings. The van der Waals surface area contributed by atoms with Gasteiger partial charge in [-0.25, -0.2) is 4.98 Å². The predicted molar refractivity (Wildman–Crippen MR) is 146 cm³/mol. The predicted octanol–water partition coefficient (Wildman–Crippen LogP) is 7.20. The van der Waals surface area contributed by atoms with E-state index in [0.29, 0.717) is 11.3 Å². The number of ether oxygens (including phenoxy) is 2. The lowest BCUT2D eigenvalue weighted by Gasteiger charge is -2.27. The van der Waals surface area contributed by atoms with Crippen molar-refractivity contribution < 1.29 is 22.6 Å². The van der Waals surface area contributed by atoms with Crippen molar-refractivity contribution in [2.45, 2.75) is 93.1 Å². The monoisotopic (exact) mass is 531 g/mol. The quantitative estimate of drug-likeness (QED) is 0.388. The molecule has 1 saturated carbocycles. The van der Waals surface area contributed by atoms with E-state index in [2.05, 4.69) is 33.6 Å². The molecule has 2 atom stereocenters. The Morgan fingerprint density at radius 1 is 1.19 bits per heavy atom. The summed E-state index contributed by atoms with van der Waals surface area (Å²) in [5.74, 6) is 0.0741. The van der Waals surface area contributed by atoms with E-state index in [4.69, 9.17) is 10.5 Å². The molecule has 0 aromatic carbocycles. The second-order valence-electron chi connectivity index (χ2n) is 8.62. The summed E-state index contributed by atoms with van der Waals surface area (Å²) in [5.41, 5.74) is 6.27. The number of aromatic nitrogens is 3. The van der Waals surface area contributed by atoms with Gasteiger partial charge in [-0.1, -0.05) is 41.5 Å². The summed E-state index contributed by atoms with van der Waals surface area (Å²) in [6.45, 7) is 19.6. The van der Waals surface area contributed by atoms with Gasteiger partial charge in [-0.3, -0.25) is 9.58 Å². The number of anilines is 1. The zero-order valence-electron chi connectivity index (χ0n) is 24.1. The average molecular weight is 532 g/mol. The molecular formula is C27H48F3N5O2. The molecule has 37 heavy (non-hydrogen) atoms. The third-order valence-electron chi connectivity index (χ3n) is 5.71. The minimum absolute atomic E-state index is 0.149. The highest BCUT2D eigenvalue weighted by molar-refractivity contribution is 5.63. The Kier molecular flexibility index (Phi) is 16.9. The third kappa shape index (κ3) is 12.6. The fraction of sp³-hybridized carbons (Fsp3) is 0.704. The molecule has 7 nitrogen and oxygen atoms in total. The molecule has 1 aliphatic carbocycles. The maximum absolute atomic E-state index is 12.2. The smallest absolute Gasteiger partial charge is 0.402 e. The van der Waals surface area contributed by atoms with Gasteiger partial charge in [0, 0.05) is 43.7 Å². The van der Waals surface area contributed by atoms with Crippen LogP contribution in [0.3, 0.4) is 0 Å². The first-order valence-electron chi connectivity index (χ1n) is 13.3. The number of hydrogen-bond donors (Lipinski definition) is 1. The second kappa shape index (κ2) is 18.0. The van der Waals surface area contributed by atoms with Crippen molar-refractivity contribution in [3.63, 3.8) is 0 Å². The zero-order chi connectivity index (χ0) is 28.6. The van der Waals surface area contributed by atoms with Gasteiger partial charge in [0.15, 0.2) is 11.6 Å². The number of pyridine rings is 1. The fourth-order valence-corrected chi connectivity index (χ4v) is 3.90. The van der Waals surface area contributed by atoms with E-state index in [1.54, 1.807) is 24.1 Å². The number of halogens is 3. The van der Waals surface area contributed by atoms with Crippen molar-refractivity contribution in [2.24, 2.45) is 5.92 Å². The van der Waals surface area contributed by atoms with Gasteiger partial charge in [0.05, 0.1) is 12.3 Å². The maximum atomic E-state index is 12.2. The van der Waals surface area contributed by atoms with Gasteiger partial charge in [-0.15, -0.1) is 13.2 Å². The number of rotatable bonds is 8. The molecule has 0 amide bonds. The van der Waals surface area contributed by atoms with Crippen LogP contribution in [-0.2, 0) is 4.74 Å². The highest BCUT2D eigenvalue weighted by Gasteiger charge is 2.32. The van der Waals surface area contributed by atoms with Crippen molar-refractivity contribution in [3.8, 4) is 17.0 Å². The van der Waals surface area contributed by atoms with E-state index in [0.717, 1.165) is 25.1 Å². The van der Waals surface area contributed by atoms with Gasteiger partial charge in [0.2, 0.25) is 0 Å².